The number of anilines is 1. The third-order valence-corrected chi connectivity index (χ3v) is 5.67. The van der Waals surface area contributed by atoms with Crippen LogP contribution in [0.3, 0.4) is 0 Å². The number of rotatable bonds is 6. The molecule has 162 valence electrons. The molecule has 1 fully saturated rings. The number of likely N-dealkylation sites (tertiary alicyclic amines) is 1. The number of halogens is 1. The van der Waals surface area contributed by atoms with E-state index in [4.69, 9.17) is 20.9 Å². The van der Waals surface area contributed by atoms with Crippen molar-refractivity contribution in [2.24, 2.45) is 5.92 Å². The van der Waals surface area contributed by atoms with E-state index in [1.807, 2.05) is 37.3 Å². The molecule has 1 N–H and O–H groups in total. The van der Waals surface area contributed by atoms with Crippen molar-refractivity contribution >= 4 is 23.2 Å². The molecule has 0 bridgehead atoms. The highest BCUT2D eigenvalue weighted by Crippen LogP contribution is 2.27. The highest BCUT2D eigenvalue weighted by Gasteiger charge is 2.27. The molecule has 1 unspecified atom stereocenters. The summed E-state index contributed by atoms with van der Waals surface area (Å²) in [4.78, 5) is 19.6. The normalized spacial score (nSPS) is 16.8. The van der Waals surface area contributed by atoms with Crippen molar-refractivity contribution in [3.05, 3.63) is 58.9 Å². The van der Waals surface area contributed by atoms with Gasteiger partial charge in [0.05, 0.1) is 25.3 Å². The molecule has 31 heavy (non-hydrogen) atoms. The summed E-state index contributed by atoms with van der Waals surface area (Å²) in [7, 11) is 1.60. The number of piperidine rings is 1. The molecule has 1 atom stereocenters. The van der Waals surface area contributed by atoms with E-state index in [1.54, 1.807) is 19.2 Å². The van der Waals surface area contributed by atoms with Crippen LogP contribution in [-0.2, 0) is 11.3 Å². The fraction of sp³-hybridized carbons (Fsp3) is 0.348. The quantitative estimate of drug-likeness (QED) is 0.605. The number of hydrogen-bond donors (Lipinski definition) is 1. The highest BCUT2D eigenvalue weighted by atomic mass is 35.5. The minimum absolute atomic E-state index is 0.000910. The molecule has 1 aliphatic heterocycles. The van der Waals surface area contributed by atoms with Crippen LogP contribution in [0, 0.1) is 12.8 Å². The van der Waals surface area contributed by atoms with Crippen molar-refractivity contribution in [2.75, 3.05) is 25.5 Å². The van der Waals surface area contributed by atoms with Crippen molar-refractivity contribution in [3.8, 4) is 17.1 Å². The molecule has 2 heterocycles. The second kappa shape index (κ2) is 9.49. The molecule has 8 heteroatoms. The van der Waals surface area contributed by atoms with Crippen LogP contribution in [-0.4, -0.2) is 41.1 Å². The molecule has 0 aliphatic carbocycles. The lowest BCUT2D eigenvalue weighted by atomic mass is 9.97. The first-order valence-corrected chi connectivity index (χ1v) is 10.7. The average molecular weight is 441 g/mol. The number of aromatic nitrogens is 2. The summed E-state index contributed by atoms with van der Waals surface area (Å²) in [6.07, 6.45) is 1.78. The summed E-state index contributed by atoms with van der Waals surface area (Å²) < 4.78 is 10.8. The van der Waals surface area contributed by atoms with Crippen molar-refractivity contribution in [1.82, 2.24) is 15.0 Å². The molecule has 1 saturated heterocycles. The van der Waals surface area contributed by atoms with Crippen LogP contribution in [0.15, 0.2) is 47.0 Å². The predicted octanol–water partition coefficient (Wildman–Crippen LogP) is 4.56. The van der Waals surface area contributed by atoms with Gasteiger partial charge in [-0.15, -0.1) is 0 Å². The Balaban J connectivity index is 1.38. The summed E-state index contributed by atoms with van der Waals surface area (Å²) >= 11 is 5.94. The Labute approximate surface area is 186 Å². The SMILES string of the molecule is COc1ccc(C)cc1NC(=O)C1CCCN(Cc2nc(-c3ccc(Cl)cc3)no2)C1. The Morgan fingerprint density at radius 3 is 2.87 bits per heavy atom. The lowest BCUT2D eigenvalue weighted by Crippen LogP contribution is -2.40. The van der Waals surface area contributed by atoms with E-state index in [0.29, 0.717) is 41.3 Å². The van der Waals surface area contributed by atoms with Gasteiger partial charge in [0, 0.05) is 17.1 Å². The van der Waals surface area contributed by atoms with Crippen LogP contribution >= 0.6 is 11.6 Å². The van der Waals surface area contributed by atoms with E-state index in [1.165, 1.54) is 0 Å². The lowest BCUT2D eigenvalue weighted by molar-refractivity contribution is -0.121. The van der Waals surface area contributed by atoms with Crippen LogP contribution in [0.4, 0.5) is 5.69 Å². The topological polar surface area (TPSA) is 80.5 Å². The number of benzene rings is 2. The zero-order chi connectivity index (χ0) is 21.8. The molecule has 0 radical (unpaired) electrons. The maximum atomic E-state index is 12.9. The summed E-state index contributed by atoms with van der Waals surface area (Å²) in [5, 5.41) is 7.76. The zero-order valence-electron chi connectivity index (χ0n) is 17.6. The van der Waals surface area contributed by atoms with Crippen molar-refractivity contribution in [1.29, 1.82) is 0 Å². The van der Waals surface area contributed by atoms with Gasteiger partial charge in [-0.25, -0.2) is 0 Å². The first-order chi connectivity index (χ1) is 15.0. The summed E-state index contributed by atoms with van der Waals surface area (Å²) in [6.45, 7) is 4.02. The Morgan fingerprint density at radius 2 is 2.10 bits per heavy atom. The van der Waals surface area contributed by atoms with Gasteiger partial charge in [-0.2, -0.15) is 4.98 Å². The molecule has 3 aromatic rings. The minimum Gasteiger partial charge on any atom is -0.495 e. The van der Waals surface area contributed by atoms with Gasteiger partial charge in [-0.3, -0.25) is 9.69 Å². The van der Waals surface area contributed by atoms with E-state index in [9.17, 15) is 4.79 Å². The standard InChI is InChI=1S/C23H25ClN4O3/c1-15-5-10-20(30-2)19(12-15)25-23(29)17-4-3-11-28(13-17)14-21-26-22(27-31-21)16-6-8-18(24)9-7-16/h5-10,12,17H,3-4,11,13-14H2,1-2H3,(H,25,29). The maximum absolute atomic E-state index is 12.9. The number of ether oxygens (including phenoxy) is 1. The third kappa shape index (κ3) is 5.24. The first-order valence-electron chi connectivity index (χ1n) is 10.3. The van der Waals surface area contributed by atoms with E-state index in [0.717, 1.165) is 30.5 Å². The molecule has 2 aromatic carbocycles. The van der Waals surface area contributed by atoms with Crippen LogP contribution in [0.1, 0.15) is 24.3 Å². The van der Waals surface area contributed by atoms with Crippen molar-refractivity contribution < 1.29 is 14.1 Å². The van der Waals surface area contributed by atoms with Crippen LogP contribution < -0.4 is 10.1 Å². The van der Waals surface area contributed by atoms with E-state index in [2.05, 4.69) is 20.4 Å². The van der Waals surface area contributed by atoms with E-state index >= 15 is 0 Å². The Kier molecular flexibility index (Phi) is 6.53. The number of nitrogens with zero attached hydrogens (tertiary/aromatic N) is 3. The lowest BCUT2D eigenvalue weighted by Gasteiger charge is -2.31. The van der Waals surface area contributed by atoms with Gasteiger partial charge in [-0.05, 0) is 68.3 Å². The predicted molar refractivity (Wildman–Crippen MR) is 119 cm³/mol. The molecular formula is C23H25ClN4O3. The van der Waals surface area contributed by atoms with Crippen molar-refractivity contribution in [3.63, 3.8) is 0 Å². The zero-order valence-corrected chi connectivity index (χ0v) is 18.4. The van der Waals surface area contributed by atoms with Gasteiger partial charge in [-0.1, -0.05) is 22.8 Å². The van der Waals surface area contributed by atoms with Crippen LogP contribution in [0.25, 0.3) is 11.4 Å². The number of amides is 1. The number of nitrogens with one attached hydrogen (secondary N) is 1. The maximum Gasteiger partial charge on any atom is 0.241 e. The molecule has 0 saturated carbocycles. The number of methoxy groups -OCH3 is 1. The fourth-order valence-corrected chi connectivity index (χ4v) is 3.92. The molecular weight excluding hydrogens is 416 g/mol. The summed E-state index contributed by atoms with van der Waals surface area (Å²) in [6, 6.07) is 13.1. The van der Waals surface area contributed by atoms with Gasteiger partial charge in [0.2, 0.25) is 17.6 Å². The molecule has 7 nitrogen and oxygen atoms in total. The molecule has 1 amide bonds. The molecule has 4 rings (SSSR count). The van der Waals surface area contributed by atoms with Gasteiger partial charge >= 0.3 is 0 Å². The molecule has 1 aliphatic rings. The molecule has 1 aromatic heterocycles. The van der Waals surface area contributed by atoms with Gasteiger partial charge in [0.1, 0.15) is 5.75 Å². The smallest absolute Gasteiger partial charge is 0.241 e. The Morgan fingerprint density at radius 1 is 1.29 bits per heavy atom. The highest BCUT2D eigenvalue weighted by molar-refractivity contribution is 6.30. The van der Waals surface area contributed by atoms with Crippen LogP contribution in [0.5, 0.6) is 5.75 Å². The van der Waals surface area contributed by atoms with E-state index in [-0.39, 0.29) is 11.8 Å². The van der Waals surface area contributed by atoms with E-state index < -0.39 is 0 Å². The second-order valence-electron chi connectivity index (χ2n) is 7.79. The Bertz CT molecular complexity index is 1050. The van der Waals surface area contributed by atoms with Gasteiger partial charge < -0.3 is 14.6 Å². The van der Waals surface area contributed by atoms with Gasteiger partial charge in [0.25, 0.3) is 0 Å². The monoisotopic (exact) mass is 440 g/mol. The Hall–Kier alpha value is -2.90. The third-order valence-electron chi connectivity index (χ3n) is 5.42. The van der Waals surface area contributed by atoms with Crippen LogP contribution in [0.2, 0.25) is 5.02 Å². The number of aryl methyl sites for hydroxylation is 1. The first kappa shape index (κ1) is 21.3. The van der Waals surface area contributed by atoms with Gasteiger partial charge in [0.15, 0.2) is 0 Å². The fourth-order valence-electron chi connectivity index (χ4n) is 3.79. The molecule has 0 spiro atoms. The summed E-state index contributed by atoms with van der Waals surface area (Å²) in [5.41, 5.74) is 2.62. The average Bonchev–Trinajstić information content (AvgIpc) is 3.23. The number of hydrogen-bond acceptors (Lipinski definition) is 6. The minimum atomic E-state index is -0.113. The summed E-state index contributed by atoms with van der Waals surface area (Å²) in [5.74, 6) is 1.61. The largest absolute Gasteiger partial charge is 0.495 e. The second-order valence-corrected chi connectivity index (χ2v) is 8.22. The van der Waals surface area contributed by atoms with Crippen molar-refractivity contribution in [2.45, 2.75) is 26.3 Å². The number of carbonyl (C=O) groups is 1. The number of carbonyl (C=O) groups excluding carboxylic acids is 1.